The van der Waals surface area contributed by atoms with Crippen molar-refractivity contribution in [3.8, 4) is 17.6 Å². The van der Waals surface area contributed by atoms with E-state index in [0.29, 0.717) is 35.5 Å². The van der Waals surface area contributed by atoms with E-state index < -0.39 is 11.9 Å². The van der Waals surface area contributed by atoms with E-state index >= 15 is 0 Å². The summed E-state index contributed by atoms with van der Waals surface area (Å²) in [7, 11) is 1.52. The summed E-state index contributed by atoms with van der Waals surface area (Å²) in [6.45, 7) is 0.291. The molecule has 1 saturated heterocycles. The highest BCUT2D eigenvalue weighted by Crippen LogP contribution is 2.30. The second kappa shape index (κ2) is 10.6. The minimum Gasteiger partial charge on any atom is -0.495 e. The Kier molecular flexibility index (Phi) is 7.05. The van der Waals surface area contributed by atoms with Crippen LogP contribution in [0.2, 0.25) is 0 Å². The van der Waals surface area contributed by atoms with Crippen molar-refractivity contribution >= 4 is 29.3 Å². The largest absolute Gasteiger partial charge is 0.495 e. The Morgan fingerprint density at radius 1 is 1.16 bits per heavy atom. The quantitative estimate of drug-likeness (QED) is 0.326. The highest BCUT2D eigenvalue weighted by Gasteiger charge is 2.39. The molecule has 1 saturated carbocycles. The number of nitrogen functional groups attached to an aromatic ring is 1. The smallest absolute Gasteiger partial charge is 0.255 e. The van der Waals surface area contributed by atoms with Crippen molar-refractivity contribution in [2.75, 3.05) is 12.8 Å². The molecule has 3 atom stereocenters. The summed E-state index contributed by atoms with van der Waals surface area (Å²) >= 11 is 0. The first-order valence-corrected chi connectivity index (χ1v) is 12.9. The Labute approximate surface area is 221 Å². The number of hydrogen-bond acceptors (Lipinski definition) is 6. The van der Waals surface area contributed by atoms with E-state index in [4.69, 9.17) is 10.5 Å². The van der Waals surface area contributed by atoms with Crippen LogP contribution in [-0.2, 0) is 16.1 Å². The Morgan fingerprint density at radius 2 is 2.00 bits per heavy atom. The first-order chi connectivity index (χ1) is 18.3. The van der Waals surface area contributed by atoms with E-state index in [-0.39, 0.29) is 36.1 Å². The van der Waals surface area contributed by atoms with Crippen LogP contribution in [0.1, 0.15) is 70.4 Å². The molecule has 38 heavy (non-hydrogen) atoms. The lowest BCUT2D eigenvalue weighted by atomic mass is 9.85. The molecule has 0 radical (unpaired) electrons. The molecule has 196 valence electrons. The monoisotopic (exact) mass is 514 g/mol. The van der Waals surface area contributed by atoms with Gasteiger partial charge in [-0.3, -0.25) is 24.5 Å². The van der Waals surface area contributed by atoms with E-state index in [2.05, 4.69) is 22.5 Å². The molecule has 2 heterocycles. The number of hydrogen-bond donors (Lipinski definition) is 3. The fourth-order valence-corrected chi connectivity index (χ4v) is 5.46. The van der Waals surface area contributed by atoms with Gasteiger partial charge in [-0.1, -0.05) is 24.3 Å². The summed E-state index contributed by atoms with van der Waals surface area (Å²) in [5, 5.41) is 5.45. The number of imide groups is 1. The molecule has 2 aromatic rings. The number of rotatable bonds is 4. The summed E-state index contributed by atoms with van der Waals surface area (Å²) < 4.78 is 5.23. The van der Waals surface area contributed by atoms with Crippen molar-refractivity contribution in [3.05, 3.63) is 58.7 Å². The second-order valence-electron chi connectivity index (χ2n) is 9.99. The van der Waals surface area contributed by atoms with Gasteiger partial charge in [-0.15, -0.1) is 0 Å². The predicted octanol–water partition coefficient (Wildman–Crippen LogP) is 2.38. The average molecular weight is 515 g/mol. The van der Waals surface area contributed by atoms with Crippen LogP contribution in [0.25, 0.3) is 0 Å². The number of carbonyl (C=O) groups excluding carboxylic acids is 4. The normalized spacial score (nSPS) is 22.7. The predicted molar refractivity (Wildman–Crippen MR) is 140 cm³/mol. The van der Waals surface area contributed by atoms with Crippen LogP contribution in [0.4, 0.5) is 5.69 Å². The number of fused-ring (bicyclic) bond motifs is 1. The number of anilines is 1. The van der Waals surface area contributed by atoms with Crippen LogP contribution in [0.5, 0.6) is 5.75 Å². The number of nitrogens with one attached hydrogen (secondary N) is 2. The van der Waals surface area contributed by atoms with Crippen LogP contribution in [-0.4, -0.2) is 47.7 Å². The van der Waals surface area contributed by atoms with E-state index in [1.807, 2.05) is 6.07 Å². The van der Waals surface area contributed by atoms with Crippen molar-refractivity contribution < 1.29 is 23.9 Å². The van der Waals surface area contributed by atoms with Crippen LogP contribution in [0, 0.1) is 17.8 Å². The van der Waals surface area contributed by atoms with Crippen LogP contribution in [0.3, 0.4) is 0 Å². The molecule has 9 heteroatoms. The topological polar surface area (TPSA) is 131 Å². The molecule has 0 bridgehead atoms. The van der Waals surface area contributed by atoms with Crippen molar-refractivity contribution in [2.24, 2.45) is 5.92 Å². The number of ether oxygens (including phenoxy) is 1. The van der Waals surface area contributed by atoms with Crippen molar-refractivity contribution in [1.29, 1.82) is 0 Å². The second-order valence-corrected chi connectivity index (χ2v) is 9.99. The molecular weight excluding hydrogens is 484 g/mol. The van der Waals surface area contributed by atoms with Gasteiger partial charge in [0, 0.05) is 41.6 Å². The average Bonchev–Trinajstić information content (AvgIpc) is 3.24. The van der Waals surface area contributed by atoms with Gasteiger partial charge in [0.15, 0.2) is 0 Å². The Bertz CT molecular complexity index is 1370. The lowest BCUT2D eigenvalue weighted by molar-refractivity contribution is -0.136. The summed E-state index contributed by atoms with van der Waals surface area (Å²) in [6, 6.07) is 9.79. The highest BCUT2D eigenvalue weighted by atomic mass is 16.5. The lowest BCUT2D eigenvalue weighted by Gasteiger charge is -2.29. The third-order valence-corrected chi connectivity index (χ3v) is 7.50. The minimum atomic E-state index is -0.655. The number of benzene rings is 2. The Balaban J connectivity index is 1.26. The van der Waals surface area contributed by atoms with Gasteiger partial charge >= 0.3 is 0 Å². The first kappa shape index (κ1) is 25.3. The fourth-order valence-electron chi connectivity index (χ4n) is 5.46. The summed E-state index contributed by atoms with van der Waals surface area (Å²) in [5.74, 6) is 6.10. The van der Waals surface area contributed by atoms with E-state index in [1.54, 1.807) is 30.3 Å². The van der Waals surface area contributed by atoms with Gasteiger partial charge in [-0.25, -0.2) is 0 Å². The number of carbonyl (C=O) groups is 4. The molecule has 3 aliphatic rings. The maximum atomic E-state index is 13.1. The highest BCUT2D eigenvalue weighted by molar-refractivity contribution is 6.05. The SMILES string of the molecule is COc1cc(C(=O)N[C@H]2CCC[C@H](C#Cc3cccc4c3CN(C3CCC(=O)NC3=O)C4=O)C2)ccc1N. The molecule has 0 aromatic heterocycles. The van der Waals surface area contributed by atoms with Crippen LogP contribution in [0.15, 0.2) is 36.4 Å². The lowest BCUT2D eigenvalue weighted by Crippen LogP contribution is -2.52. The summed E-state index contributed by atoms with van der Waals surface area (Å²) in [6.07, 6.45) is 4.04. The maximum absolute atomic E-state index is 13.1. The standard InChI is InChI=1S/C29H30N4O5/c1-38-25-15-19(10-11-23(25)30)27(35)31-20-6-2-4-17(14-20)8-9-18-5-3-7-21-22(18)16-33(29(21)37)24-12-13-26(34)32-28(24)36/h3,5,7,10-11,15,17,20,24H,2,4,6,12-14,16,30H2,1H3,(H,31,35)(H,32,34,36)/t17-,20+,24?/m1/s1. The third-order valence-electron chi connectivity index (χ3n) is 7.50. The van der Waals surface area contributed by atoms with Crippen molar-refractivity contribution in [2.45, 2.75) is 57.2 Å². The maximum Gasteiger partial charge on any atom is 0.255 e. The minimum absolute atomic E-state index is 0.00480. The zero-order chi connectivity index (χ0) is 26.8. The molecule has 1 aliphatic carbocycles. The zero-order valence-electron chi connectivity index (χ0n) is 21.2. The van der Waals surface area contributed by atoms with Crippen LogP contribution < -0.4 is 21.1 Å². The molecule has 4 N–H and O–H groups in total. The van der Waals surface area contributed by atoms with Gasteiger partial charge in [0.2, 0.25) is 11.8 Å². The van der Waals surface area contributed by atoms with Gasteiger partial charge < -0.3 is 20.7 Å². The summed E-state index contributed by atoms with van der Waals surface area (Å²) in [4.78, 5) is 51.3. The number of amides is 4. The molecule has 2 aliphatic heterocycles. The van der Waals surface area contributed by atoms with E-state index in [1.165, 1.54) is 12.0 Å². The zero-order valence-corrected chi connectivity index (χ0v) is 21.2. The molecule has 1 unspecified atom stereocenters. The first-order valence-electron chi connectivity index (χ1n) is 12.9. The van der Waals surface area contributed by atoms with Gasteiger partial charge in [-0.2, -0.15) is 0 Å². The Morgan fingerprint density at radius 3 is 2.79 bits per heavy atom. The van der Waals surface area contributed by atoms with Gasteiger partial charge in [0.1, 0.15) is 11.8 Å². The number of piperidine rings is 1. The van der Waals surface area contributed by atoms with E-state index in [0.717, 1.165) is 36.8 Å². The molecule has 2 aromatic carbocycles. The number of methoxy groups -OCH3 is 1. The molecule has 0 spiro atoms. The van der Waals surface area contributed by atoms with E-state index in [9.17, 15) is 19.2 Å². The van der Waals surface area contributed by atoms with Gasteiger partial charge in [-0.05, 0) is 61.6 Å². The van der Waals surface area contributed by atoms with Crippen molar-refractivity contribution in [1.82, 2.24) is 15.5 Å². The number of nitrogens with two attached hydrogens (primary N) is 1. The van der Waals surface area contributed by atoms with Crippen LogP contribution >= 0.6 is 0 Å². The van der Waals surface area contributed by atoms with Gasteiger partial charge in [0.05, 0.1) is 12.8 Å². The van der Waals surface area contributed by atoms with Gasteiger partial charge in [0.25, 0.3) is 11.8 Å². The summed E-state index contributed by atoms with van der Waals surface area (Å²) in [5.41, 5.74) is 8.96. The molecule has 4 amide bonds. The molecular formula is C29H30N4O5. The Hall–Kier alpha value is -4.32. The fraction of sp³-hybridized carbons (Fsp3) is 0.379. The third kappa shape index (κ3) is 5.07. The number of nitrogens with zero attached hydrogens (tertiary/aromatic N) is 1. The van der Waals surface area contributed by atoms with Crippen molar-refractivity contribution in [3.63, 3.8) is 0 Å². The molecule has 2 fully saturated rings. The molecule has 5 rings (SSSR count). The molecule has 9 nitrogen and oxygen atoms in total.